The lowest BCUT2D eigenvalue weighted by Gasteiger charge is -2.13. The summed E-state index contributed by atoms with van der Waals surface area (Å²) in [4.78, 5) is 11.4. The maximum atomic E-state index is 12.6. The van der Waals surface area contributed by atoms with E-state index < -0.39 is 25.0 Å². The van der Waals surface area contributed by atoms with Crippen LogP contribution in [0.4, 0.5) is 8.78 Å². The predicted molar refractivity (Wildman–Crippen MR) is 63.5 cm³/mol. The van der Waals surface area contributed by atoms with E-state index in [0.29, 0.717) is 5.56 Å². The molecule has 1 rings (SSSR count). The molecule has 0 aromatic heterocycles. The number of carbonyl (C=O) groups excluding carboxylic acids is 1. The fraction of sp³-hybridized carbons (Fsp3) is 0.300. The second kappa shape index (κ2) is 5.53. The Kier molecular flexibility index (Phi) is 4.60. The first-order chi connectivity index (χ1) is 7.44. The average molecular weight is 341 g/mol. The summed E-state index contributed by atoms with van der Waals surface area (Å²) in [6, 6.07) is 6.59. The van der Waals surface area contributed by atoms with Crippen molar-refractivity contribution in [3.63, 3.8) is 0 Å². The SMILES string of the molecule is O=C(NCC(F)(F)CO)c1cccc(I)c1. The van der Waals surface area contributed by atoms with Crippen LogP contribution in [0.25, 0.3) is 0 Å². The quantitative estimate of drug-likeness (QED) is 0.819. The van der Waals surface area contributed by atoms with Crippen molar-refractivity contribution in [3.8, 4) is 0 Å². The van der Waals surface area contributed by atoms with Crippen LogP contribution in [-0.2, 0) is 0 Å². The van der Waals surface area contributed by atoms with Crippen molar-refractivity contribution in [1.82, 2.24) is 5.32 Å². The number of aliphatic hydroxyl groups excluding tert-OH is 1. The van der Waals surface area contributed by atoms with Crippen LogP contribution in [0.1, 0.15) is 10.4 Å². The Labute approximate surface area is 105 Å². The van der Waals surface area contributed by atoms with Crippen LogP contribution in [0.2, 0.25) is 0 Å². The van der Waals surface area contributed by atoms with E-state index in [2.05, 4.69) is 5.32 Å². The highest BCUT2D eigenvalue weighted by Crippen LogP contribution is 2.11. The van der Waals surface area contributed by atoms with E-state index in [0.717, 1.165) is 3.57 Å². The summed E-state index contributed by atoms with van der Waals surface area (Å²) < 4.78 is 26.1. The summed E-state index contributed by atoms with van der Waals surface area (Å²) in [6.45, 7) is -2.15. The molecule has 88 valence electrons. The molecule has 1 aromatic rings. The Bertz CT molecular complexity index is 385. The zero-order chi connectivity index (χ0) is 12.2. The van der Waals surface area contributed by atoms with Gasteiger partial charge in [0.05, 0.1) is 6.54 Å². The van der Waals surface area contributed by atoms with E-state index in [1.165, 1.54) is 6.07 Å². The molecule has 1 amide bonds. The molecule has 0 unspecified atom stereocenters. The van der Waals surface area contributed by atoms with E-state index >= 15 is 0 Å². The Hall–Kier alpha value is -0.760. The van der Waals surface area contributed by atoms with Crippen LogP contribution >= 0.6 is 22.6 Å². The van der Waals surface area contributed by atoms with Gasteiger partial charge in [-0.2, -0.15) is 0 Å². The molecular formula is C10H10F2INO2. The first-order valence-electron chi connectivity index (χ1n) is 4.47. The van der Waals surface area contributed by atoms with E-state index in [9.17, 15) is 13.6 Å². The van der Waals surface area contributed by atoms with E-state index in [-0.39, 0.29) is 0 Å². The van der Waals surface area contributed by atoms with Crippen molar-refractivity contribution in [1.29, 1.82) is 0 Å². The minimum absolute atomic E-state index is 0.320. The van der Waals surface area contributed by atoms with Gasteiger partial charge in [-0.05, 0) is 40.8 Å². The Morgan fingerprint density at radius 1 is 1.50 bits per heavy atom. The van der Waals surface area contributed by atoms with Crippen molar-refractivity contribution in [2.24, 2.45) is 0 Å². The molecule has 0 atom stereocenters. The minimum Gasteiger partial charge on any atom is -0.390 e. The van der Waals surface area contributed by atoms with E-state index in [1.54, 1.807) is 18.2 Å². The summed E-state index contributed by atoms with van der Waals surface area (Å²) in [5.74, 6) is -3.86. The lowest BCUT2D eigenvalue weighted by atomic mass is 10.2. The van der Waals surface area contributed by atoms with Crippen molar-refractivity contribution in [2.45, 2.75) is 5.92 Å². The van der Waals surface area contributed by atoms with E-state index in [4.69, 9.17) is 5.11 Å². The van der Waals surface area contributed by atoms with Crippen LogP contribution in [0.5, 0.6) is 0 Å². The van der Waals surface area contributed by atoms with Crippen LogP contribution in [0.15, 0.2) is 24.3 Å². The van der Waals surface area contributed by atoms with Gasteiger partial charge < -0.3 is 10.4 Å². The van der Waals surface area contributed by atoms with Gasteiger partial charge in [0.25, 0.3) is 11.8 Å². The largest absolute Gasteiger partial charge is 0.390 e. The second-order valence-electron chi connectivity index (χ2n) is 3.21. The van der Waals surface area contributed by atoms with Gasteiger partial charge in [0.2, 0.25) is 0 Å². The maximum Gasteiger partial charge on any atom is 0.287 e. The number of aliphatic hydroxyl groups is 1. The smallest absolute Gasteiger partial charge is 0.287 e. The molecule has 0 radical (unpaired) electrons. The molecule has 1 aromatic carbocycles. The fourth-order valence-electron chi connectivity index (χ4n) is 0.997. The first-order valence-corrected chi connectivity index (χ1v) is 5.55. The molecule has 0 aliphatic rings. The molecular weight excluding hydrogens is 331 g/mol. The zero-order valence-electron chi connectivity index (χ0n) is 8.21. The Balaban J connectivity index is 2.60. The van der Waals surface area contributed by atoms with Crippen LogP contribution in [-0.4, -0.2) is 30.1 Å². The highest BCUT2D eigenvalue weighted by Gasteiger charge is 2.28. The molecule has 0 saturated heterocycles. The lowest BCUT2D eigenvalue weighted by molar-refractivity contribution is -0.0462. The van der Waals surface area contributed by atoms with Crippen LogP contribution < -0.4 is 5.32 Å². The third-order valence-corrected chi connectivity index (χ3v) is 2.50. The van der Waals surface area contributed by atoms with Crippen molar-refractivity contribution in [3.05, 3.63) is 33.4 Å². The van der Waals surface area contributed by atoms with Gasteiger partial charge in [0.1, 0.15) is 6.61 Å². The standard InChI is InChI=1S/C10H10F2INO2/c11-10(12,6-15)5-14-9(16)7-2-1-3-8(13)4-7/h1-4,15H,5-6H2,(H,14,16). The van der Waals surface area contributed by atoms with Crippen molar-refractivity contribution >= 4 is 28.5 Å². The number of amides is 1. The molecule has 2 N–H and O–H groups in total. The first kappa shape index (κ1) is 13.3. The summed E-state index contributed by atoms with van der Waals surface area (Å²) in [5.41, 5.74) is 0.320. The number of halogens is 3. The van der Waals surface area contributed by atoms with Crippen molar-refractivity contribution < 1.29 is 18.7 Å². The van der Waals surface area contributed by atoms with Crippen LogP contribution in [0, 0.1) is 3.57 Å². The van der Waals surface area contributed by atoms with Crippen LogP contribution in [0.3, 0.4) is 0 Å². The highest BCUT2D eigenvalue weighted by atomic mass is 127. The average Bonchev–Trinajstić information content (AvgIpc) is 2.26. The molecule has 0 heterocycles. The maximum absolute atomic E-state index is 12.6. The topological polar surface area (TPSA) is 49.3 Å². The minimum atomic E-state index is -3.28. The van der Waals surface area contributed by atoms with Gasteiger partial charge in [0.15, 0.2) is 0 Å². The van der Waals surface area contributed by atoms with Gasteiger partial charge in [-0.3, -0.25) is 4.79 Å². The van der Waals surface area contributed by atoms with Gasteiger partial charge in [-0.25, -0.2) is 8.78 Å². The zero-order valence-corrected chi connectivity index (χ0v) is 10.4. The van der Waals surface area contributed by atoms with Crippen molar-refractivity contribution in [2.75, 3.05) is 13.2 Å². The molecule has 0 saturated carbocycles. The fourth-order valence-corrected chi connectivity index (χ4v) is 1.54. The molecule has 0 aliphatic carbocycles. The number of rotatable bonds is 4. The number of carbonyl (C=O) groups is 1. The third kappa shape index (κ3) is 4.01. The molecule has 0 spiro atoms. The highest BCUT2D eigenvalue weighted by molar-refractivity contribution is 14.1. The summed E-state index contributed by atoms with van der Waals surface area (Å²) in [5, 5.41) is 10.4. The predicted octanol–water partition coefficient (Wildman–Crippen LogP) is 1.65. The molecule has 0 aliphatic heterocycles. The van der Waals surface area contributed by atoms with Gasteiger partial charge in [-0.1, -0.05) is 6.07 Å². The second-order valence-corrected chi connectivity index (χ2v) is 4.45. The summed E-state index contributed by atoms with van der Waals surface area (Å²) in [6.07, 6.45) is 0. The number of benzene rings is 1. The van der Waals surface area contributed by atoms with E-state index in [1.807, 2.05) is 22.6 Å². The third-order valence-electron chi connectivity index (χ3n) is 1.83. The van der Waals surface area contributed by atoms with Gasteiger partial charge in [-0.15, -0.1) is 0 Å². The monoisotopic (exact) mass is 341 g/mol. The summed E-state index contributed by atoms with van der Waals surface area (Å²) in [7, 11) is 0. The normalized spacial score (nSPS) is 11.2. The number of hydrogen-bond acceptors (Lipinski definition) is 2. The van der Waals surface area contributed by atoms with Gasteiger partial charge in [0, 0.05) is 9.13 Å². The lowest BCUT2D eigenvalue weighted by Crippen LogP contribution is -2.38. The molecule has 0 bridgehead atoms. The molecule has 3 nitrogen and oxygen atoms in total. The number of hydrogen-bond donors (Lipinski definition) is 2. The number of nitrogens with one attached hydrogen (secondary N) is 1. The Morgan fingerprint density at radius 2 is 2.19 bits per heavy atom. The Morgan fingerprint density at radius 3 is 2.75 bits per heavy atom. The number of alkyl halides is 2. The van der Waals surface area contributed by atoms with Gasteiger partial charge >= 0.3 is 0 Å². The molecule has 0 fully saturated rings. The summed E-state index contributed by atoms with van der Waals surface area (Å²) >= 11 is 2.02. The molecule has 16 heavy (non-hydrogen) atoms. The molecule has 6 heteroatoms.